The van der Waals surface area contributed by atoms with E-state index in [1.807, 2.05) is 44.4 Å². The van der Waals surface area contributed by atoms with Gasteiger partial charge in [0, 0.05) is 31.6 Å². The molecule has 0 unspecified atom stereocenters. The van der Waals surface area contributed by atoms with Crippen molar-refractivity contribution < 1.29 is 4.74 Å². The molecule has 0 spiro atoms. The molecule has 132 valence electrons. The van der Waals surface area contributed by atoms with E-state index >= 15 is 0 Å². The van der Waals surface area contributed by atoms with Crippen molar-refractivity contribution >= 4 is 28.1 Å². The van der Waals surface area contributed by atoms with Crippen molar-refractivity contribution in [3.63, 3.8) is 0 Å². The SMILES string of the molecule is COc1cccc2c1nc(N)n1nc(Cc3ccccc3N(C)C)cc21. The first-order valence-corrected chi connectivity index (χ1v) is 8.44. The molecule has 0 aliphatic carbocycles. The maximum absolute atomic E-state index is 6.16. The van der Waals surface area contributed by atoms with Gasteiger partial charge in [0.05, 0.1) is 18.3 Å². The molecule has 4 rings (SSSR count). The molecule has 0 atom stereocenters. The predicted molar refractivity (Wildman–Crippen MR) is 105 cm³/mol. The maximum atomic E-state index is 6.16. The standard InChI is InChI=1S/C20H21N5O/c1-24(2)16-9-5-4-7-13(16)11-14-12-17-15-8-6-10-18(26-3)19(15)22-20(21)25(17)23-14/h4-10,12H,11H2,1-3H3,(H2,21,22). The molecule has 4 aromatic rings. The number of ether oxygens (including phenoxy) is 1. The highest BCUT2D eigenvalue weighted by molar-refractivity contribution is 5.97. The number of benzene rings is 2. The molecule has 0 saturated heterocycles. The van der Waals surface area contributed by atoms with Gasteiger partial charge in [-0.25, -0.2) is 4.98 Å². The van der Waals surface area contributed by atoms with Gasteiger partial charge in [0.1, 0.15) is 11.3 Å². The van der Waals surface area contributed by atoms with Crippen LogP contribution < -0.4 is 15.4 Å². The molecule has 2 heterocycles. The van der Waals surface area contributed by atoms with Gasteiger partial charge in [-0.2, -0.15) is 9.61 Å². The molecule has 6 nitrogen and oxygen atoms in total. The summed E-state index contributed by atoms with van der Waals surface area (Å²) in [5.74, 6) is 1.06. The monoisotopic (exact) mass is 347 g/mol. The summed E-state index contributed by atoms with van der Waals surface area (Å²) in [5, 5.41) is 5.65. The molecule has 2 aromatic carbocycles. The summed E-state index contributed by atoms with van der Waals surface area (Å²) in [6, 6.07) is 16.3. The van der Waals surface area contributed by atoms with E-state index in [4.69, 9.17) is 10.5 Å². The van der Waals surface area contributed by atoms with Crippen LogP contribution >= 0.6 is 0 Å². The summed E-state index contributed by atoms with van der Waals surface area (Å²) in [5.41, 5.74) is 11.2. The summed E-state index contributed by atoms with van der Waals surface area (Å²) in [7, 11) is 5.73. The first kappa shape index (κ1) is 16.2. The molecule has 0 aliphatic rings. The van der Waals surface area contributed by atoms with E-state index in [9.17, 15) is 0 Å². The number of nitrogens with zero attached hydrogens (tertiary/aromatic N) is 4. The second kappa shape index (κ2) is 6.22. The summed E-state index contributed by atoms with van der Waals surface area (Å²) < 4.78 is 7.13. The van der Waals surface area contributed by atoms with Crippen molar-refractivity contribution in [1.82, 2.24) is 14.6 Å². The fraction of sp³-hybridized carbons (Fsp3) is 0.200. The summed E-state index contributed by atoms with van der Waals surface area (Å²) in [4.78, 5) is 6.60. The number of hydrogen-bond acceptors (Lipinski definition) is 5. The van der Waals surface area contributed by atoms with Gasteiger partial charge in [0.2, 0.25) is 5.95 Å². The highest BCUT2D eigenvalue weighted by atomic mass is 16.5. The Morgan fingerprint density at radius 3 is 2.69 bits per heavy atom. The third-order valence-corrected chi connectivity index (χ3v) is 4.54. The molecule has 0 amide bonds. The summed E-state index contributed by atoms with van der Waals surface area (Å²) >= 11 is 0. The van der Waals surface area contributed by atoms with Crippen LogP contribution in [0.25, 0.3) is 16.4 Å². The van der Waals surface area contributed by atoms with Crippen LogP contribution in [0.1, 0.15) is 11.3 Å². The highest BCUT2D eigenvalue weighted by Crippen LogP contribution is 2.29. The van der Waals surface area contributed by atoms with Gasteiger partial charge in [0.15, 0.2) is 0 Å². The minimum atomic E-state index is 0.351. The zero-order chi connectivity index (χ0) is 18.3. The fourth-order valence-corrected chi connectivity index (χ4v) is 3.35. The van der Waals surface area contributed by atoms with E-state index in [1.165, 1.54) is 11.3 Å². The topological polar surface area (TPSA) is 68.7 Å². The zero-order valence-electron chi connectivity index (χ0n) is 15.1. The van der Waals surface area contributed by atoms with E-state index in [-0.39, 0.29) is 0 Å². The number of para-hydroxylation sites is 2. The summed E-state index contributed by atoms with van der Waals surface area (Å²) in [6.45, 7) is 0. The number of hydrogen-bond donors (Lipinski definition) is 1. The molecule has 0 aliphatic heterocycles. The van der Waals surface area contributed by atoms with Gasteiger partial charge in [-0.15, -0.1) is 0 Å². The number of nitrogens with two attached hydrogens (primary N) is 1. The van der Waals surface area contributed by atoms with Gasteiger partial charge in [-0.3, -0.25) is 0 Å². The summed E-state index contributed by atoms with van der Waals surface area (Å²) in [6.07, 6.45) is 0.723. The van der Waals surface area contributed by atoms with Gasteiger partial charge in [-0.1, -0.05) is 30.3 Å². The molecule has 26 heavy (non-hydrogen) atoms. The van der Waals surface area contributed by atoms with E-state index in [0.717, 1.165) is 28.5 Å². The van der Waals surface area contributed by atoms with Crippen LogP contribution in [0.5, 0.6) is 5.75 Å². The lowest BCUT2D eigenvalue weighted by Crippen LogP contribution is -2.11. The second-order valence-corrected chi connectivity index (χ2v) is 6.46. The molecule has 0 radical (unpaired) electrons. The molecule has 2 N–H and O–H groups in total. The Hall–Kier alpha value is -3.28. The minimum Gasteiger partial charge on any atom is -0.494 e. The average molecular weight is 347 g/mol. The van der Waals surface area contributed by atoms with Crippen LogP contribution in [0.3, 0.4) is 0 Å². The van der Waals surface area contributed by atoms with Crippen molar-refractivity contribution in [2.45, 2.75) is 6.42 Å². The molecule has 2 aromatic heterocycles. The van der Waals surface area contributed by atoms with E-state index in [0.29, 0.717) is 11.7 Å². The highest BCUT2D eigenvalue weighted by Gasteiger charge is 2.14. The Balaban J connectivity index is 1.86. The van der Waals surface area contributed by atoms with Gasteiger partial charge >= 0.3 is 0 Å². The average Bonchev–Trinajstić information content (AvgIpc) is 3.06. The zero-order valence-corrected chi connectivity index (χ0v) is 15.1. The Labute approximate surface area is 151 Å². The van der Waals surface area contributed by atoms with Crippen LogP contribution in [0.15, 0.2) is 48.5 Å². The smallest absolute Gasteiger partial charge is 0.222 e. The Morgan fingerprint density at radius 2 is 1.92 bits per heavy atom. The Kier molecular flexibility index (Phi) is 3.88. The van der Waals surface area contributed by atoms with Crippen LogP contribution in [-0.2, 0) is 6.42 Å². The molecule has 0 saturated carbocycles. The fourth-order valence-electron chi connectivity index (χ4n) is 3.35. The molecular weight excluding hydrogens is 326 g/mol. The number of rotatable bonds is 4. The lowest BCUT2D eigenvalue weighted by Gasteiger charge is -2.16. The first-order chi connectivity index (χ1) is 12.6. The lowest BCUT2D eigenvalue weighted by molar-refractivity contribution is 0.419. The van der Waals surface area contributed by atoms with E-state index in [2.05, 4.69) is 33.2 Å². The Morgan fingerprint density at radius 1 is 1.12 bits per heavy atom. The van der Waals surface area contributed by atoms with Crippen molar-refractivity contribution in [3.8, 4) is 5.75 Å². The second-order valence-electron chi connectivity index (χ2n) is 6.46. The molecule has 0 fully saturated rings. The third kappa shape index (κ3) is 2.60. The van der Waals surface area contributed by atoms with Crippen LogP contribution in [-0.4, -0.2) is 35.8 Å². The normalized spacial score (nSPS) is 11.2. The number of anilines is 2. The van der Waals surface area contributed by atoms with Crippen molar-refractivity contribution in [3.05, 3.63) is 59.8 Å². The molecule has 6 heteroatoms. The lowest BCUT2D eigenvalue weighted by atomic mass is 10.1. The third-order valence-electron chi connectivity index (χ3n) is 4.54. The first-order valence-electron chi connectivity index (χ1n) is 8.44. The van der Waals surface area contributed by atoms with Gasteiger partial charge in [0.25, 0.3) is 0 Å². The maximum Gasteiger partial charge on any atom is 0.222 e. The Bertz CT molecular complexity index is 1100. The number of methoxy groups -OCH3 is 1. The van der Waals surface area contributed by atoms with Crippen molar-refractivity contribution in [2.75, 3.05) is 31.8 Å². The number of fused-ring (bicyclic) bond motifs is 3. The van der Waals surface area contributed by atoms with Crippen molar-refractivity contribution in [1.29, 1.82) is 0 Å². The minimum absolute atomic E-state index is 0.351. The van der Waals surface area contributed by atoms with Crippen molar-refractivity contribution in [2.24, 2.45) is 0 Å². The molecular formula is C20H21N5O. The van der Waals surface area contributed by atoms with Crippen LogP contribution in [0.4, 0.5) is 11.6 Å². The quantitative estimate of drug-likeness (QED) is 0.614. The van der Waals surface area contributed by atoms with Crippen LogP contribution in [0.2, 0.25) is 0 Å². The van der Waals surface area contributed by atoms with E-state index < -0.39 is 0 Å². The van der Waals surface area contributed by atoms with Crippen LogP contribution in [0, 0.1) is 0 Å². The largest absolute Gasteiger partial charge is 0.494 e. The van der Waals surface area contributed by atoms with E-state index in [1.54, 1.807) is 11.6 Å². The van der Waals surface area contributed by atoms with Gasteiger partial charge < -0.3 is 15.4 Å². The van der Waals surface area contributed by atoms with Gasteiger partial charge in [-0.05, 0) is 23.8 Å². The predicted octanol–water partition coefficient (Wildman–Crippen LogP) is 3.13. The number of nitrogen functional groups attached to an aromatic ring is 1. The molecule has 0 bridgehead atoms. The number of aromatic nitrogens is 3.